The average Bonchev–Trinajstić information content (AvgIpc) is 3.42. The van der Waals surface area contributed by atoms with Crippen LogP contribution in [-0.2, 0) is 0 Å². The van der Waals surface area contributed by atoms with Crippen LogP contribution in [0.3, 0.4) is 0 Å². The summed E-state index contributed by atoms with van der Waals surface area (Å²) in [6, 6.07) is 23.9. The second kappa shape index (κ2) is 10.0. The summed E-state index contributed by atoms with van der Waals surface area (Å²) in [6.07, 6.45) is 11.4. The molecule has 4 heterocycles. The highest BCUT2D eigenvalue weighted by atomic mass is 79.9. The lowest BCUT2D eigenvalue weighted by Gasteiger charge is -1.97. The zero-order valence-corrected chi connectivity index (χ0v) is 20.9. The summed E-state index contributed by atoms with van der Waals surface area (Å²) in [6.45, 7) is 0. The molecule has 0 aliphatic carbocycles. The van der Waals surface area contributed by atoms with Gasteiger partial charge in [-0.3, -0.25) is 0 Å². The minimum Gasteiger partial charge on any atom is -1.00 e. The first-order valence-corrected chi connectivity index (χ1v) is 10.2. The first-order valence-electron chi connectivity index (χ1n) is 10.2. The topological polar surface area (TPSA) is 68.6 Å². The van der Waals surface area contributed by atoms with Gasteiger partial charge in [0, 0.05) is 33.7 Å². The fourth-order valence-electron chi connectivity index (χ4n) is 3.73. The Morgan fingerprint density at radius 3 is 1.38 bits per heavy atom. The van der Waals surface area contributed by atoms with Crippen LogP contribution < -0.4 is 42.8 Å². The Labute approximate surface area is 216 Å². The molecule has 34 heavy (non-hydrogen) atoms. The first-order chi connectivity index (χ1) is 15.9. The van der Waals surface area contributed by atoms with Crippen LogP contribution in [0.15, 0.2) is 120 Å². The molecule has 0 unspecified atom stereocenters. The lowest BCUT2D eigenvalue weighted by Crippen LogP contribution is -3.00. The second-order valence-electron chi connectivity index (χ2n) is 7.22. The van der Waals surface area contributed by atoms with Gasteiger partial charge in [-0.1, -0.05) is 80.0 Å². The molecule has 0 saturated heterocycles. The van der Waals surface area contributed by atoms with Crippen LogP contribution in [0.25, 0.3) is 34.1 Å². The molecule has 0 fully saturated rings. The van der Waals surface area contributed by atoms with E-state index in [1.165, 1.54) is 0 Å². The number of aromatic nitrogens is 6. The molecule has 0 bridgehead atoms. The minimum atomic E-state index is 0. The first kappa shape index (κ1) is 23.4. The van der Waals surface area contributed by atoms with Crippen LogP contribution in [0, 0.1) is 0 Å². The Kier molecular flexibility index (Phi) is 6.90. The highest BCUT2D eigenvalue weighted by Crippen LogP contribution is 2.22. The predicted octanol–water partition coefficient (Wildman–Crippen LogP) is -2.42. The molecule has 168 valence electrons. The van der Waals surface area contributed by atoms with Crippen LogP contribution in [0.2, 0.25) is 0 Å². The van der Waals surface area contributed by atoms with Crippen LogP contribution in [0.1, 0.15) is 0 Å². The summed E-state index contributed by atoms with van der Waals surface area (Å²) in [7, 11) is 0. The van der Waals surface area contributed by atoms with Gasteiger partial charge in [0.15, 0.2) is 11.4 Å². The fourth-order valence-corrected chi connectivity index (χ4v) is 3.73. The molecule has 0 radical (unpaired) electrons. The average molecular weight is 578 g/mol. The highest BCUT2D eigenvalue weighted by molar-refractivity contribution is 5.61. The van der Waals surface area contributed by atoms with Gasteiger partial charge in [0.2, 0.25) is 0 Å². The third-order valence-corrected chi connectivity index (χ3v) is 5.22. The molecule has 0 amide bonds. The number of benzene rings is 2. The summed E-state index contributed by atoms with van der Waals surface area (Å²) in [5.74, 6) is 1.32. The third-order valence-electron chi connectivity index (χ3n) is 5.22. The monoisotopic (exact) mass is 576 g/mol. The highest BCUT2D eigenvalue weighted by Gasteiger charge is 2.22. The number of nitrogens with zero attached hydrogens (tertiary/aromatic N) is 8. The van der Waals surface area contributed by atoms with Crippen molar-refractivity contribution in [3.8, 4) is 22.5 Å². The van der Waals surface area contributed by atoms with E-state index in [1.807, 2.05) is 106 Å². The molecule has 4 aromatic heterocycles. The zero-order valence-electron chi connectivity index (χ0n) is 17.7. The van der Waals surface area contributed by atoms with Gasteiger partial charge in [0.1, 0.15) is 24.8 Å². The number of halogens is 2. The second-order valence-corrected chi connectivity index (χ2v) is 7.22. The van der Waals surface area contributed by atoms with Gasteiger partial charge >= 0.3 is 11.6 Å². The number of imidazole rings is 2. The van der Waals surface area contributed by atoms with Crippen molar-refractivity contribution in [2.45, 2.75) is 0 Å². The van der Waals surface area contributed by atoms with E-state index in [4.69, 9.17) is 0 Å². The molecule has 0 saturated carbocycles. The number of rotatable bonds is 4. The molecule has 0 aliphatic rings. The van der Waals surface area contributed by atoms with E-state index >= 15 is 0 Å². The van der Waals surface area contributed by atoms with E-state index in [1.54, 1.807) is 21.7 Å². The van der Waals surface area contributed by atoms with Crippen molar-refractivity contribution in [1.29, 1.82) is 0 Å². The van der Waals surface area contributed by atoms with Gasteiger partial charge in [-0.05, 0) is 0 Å². The van der Waals surface area contributed by atoms with Gasteiger partial charge < -0.3 is 34.0 Å². The lowest BCUT2D eigenvalue weighted by molar-refractivity contribution is -0.513. The quantitative estimate of drug-likeness (QED) is 0.173. The van der Waals surface area contributed by atoms with Crippen molar-refractivity contribution >= 4 is 11.6 Å². The molecule has 0 atom stereocenters. The molecule has 0 aliphatic heterocycles. The summed E-state index contributed by atoms with van der Waals surface area (Å²) >= 11 is 0. The lowest BCUT2D eigenvalue weighted by atomic mass is 10.2. The molecule has 8 nitrogen and oxygen atoms in total. The van der Waals surface area contributed by atoms with Crippen LogP contribution in [-0.4, -0.2) is 19.3 Å². The van der Waals surface area contributed by atoms with Gasteiger partial charge in [-0.25, -0.2) is 8.80 Å². The van der Waals surface area contributed by atoms with Gasteiger partial charge in [-0.15, -0.1) is 0 Å². The fraction of sp³-hybridized carbons (Fsp3) is 0. The Morgan fingerprint density at radius 2 is 0.971 bits per heavy atom. The standard InChI is InChI=1S/C24H18N8.2BrH/c1-3-9-19(10-4-1)21-17-29-15-7-13-25-23(29)31(21)27-28-32-22(20-11-5-2-6-12-20)18-30-16-8-14-26-24(30)32;;/h1-18H;2*1H/q+2;;/p-2. The van der Waals surface area contributed by atoms with Crippen molar-refractivity contribution < 1.29 is 42.8 Å². The molecule has 6 rings (SSSR count). The summed E-state index contributed by atoms with van der Waals surface area (Å²) in [4.78, 5) is 9.02. The number of hydrogen-bond donors (Lipinski definition) is 0. The smallest absolute Gasteiger partial charge is 0.429 e. The maximum atomic E-state index is 4.62. The van der Waals surface area contributed by atoms with Crippen molar-refractivity contribution in [3.05, 3.63) is 110 Å². The molecule has 6 aromatic rings. The van der Waals surface area contributed by atoms with Gasteiger partial charge in [-0.2, -0.15) is 0 Å². The Balaban J connectivity index is 0.00000137. The van der Waals surface area contributed by atoms with Crippen molar-refractivity contribution in [3.63, 3.8) is 0 Å². The normalized spacial score (nSPS) is 10.9. The molecular formula is C24H18Br2N8. The SMILES string of the molecule is [Br-].[Br-].c1ccc(-c2c[n+]3cccnc3n2N=Nn2c(-c3ccccc3)c[n+]3cccnc23)cc1. The number of hydrogen-bond acceptors (Lipinski definition) is 4. The molecule has 0 N–H and O–H groups in total. The van der Waals surface area contributed by atoms with E-state index in [9.17, 15) is 0 Å². The van der Waals surface area contributed by atoms with Gasteiger partial charge in [0.05, 0.1) is 12.4 Å². The largest absolute Gasteiger partial charge is 1.00 e. The van der Waals surface area contributed by atoms with E-state index in [2.05, 4.69) is 20.4 Å². The zero-order chi connectivity index (χ0) is 21.3. The third kappa shape index (κ3) is 4.13. The van der Waals surface area contributed by atoms with Crippen molar-refractivity contribution in [2.24, 2.45) is 10.4 Å². The van der Waals surface area contributed by atoms with Crippen molar-refractivity contribution in [1.82, 2.24) is 19.3 Å². The van der Waals surface area contributed by atoms with E-state index < -0.39 is 0 Å². The van der Waals surface area contributed by atoms with E-state index in [-0.39, 0.29) is 34.0 Å². The van der Waals surface area contributed by atoms with Gasteiger partial charge in [0.25, 0.3) is 0 Å². The van der Waals surface area contributed by atoms with Crippen LogP contribution in [0.5, 0.6) is 0 Å². The van der Waals surface area contributed by atoms with E-state index in [0.717, 1.165) is 22.5 Å². The Morgan fingerprint density at radius 1 is 0.559 bits per heavy atom. The minimum absolute atomic E-state index is 0. The predicted molar refractivity (Wildman–Crippen MR) is 117 cm³/mol. The maximum Gasteiger partial charge on any atom is 0.429 e. The van der Waals surface area contributed by atoms with Crippen LogP contribution >= 0.6 is 0 Å². The summed E-state index contributed by atoms with van der Waals surface area (Å²) in [5.41, 5.74) is 3.80. The maximum absolute atomic E-state index is 4.62. The number of fused-ring (bicyclic) bond motifs is 2. The summed E-state index contributed by atoms with van der Waals surface area (Å²) < 4.78 is 7.34. The van der Waals surface area contributed by atoms with Crippen molar-refractivity contribution in [2.75, 3.05) is 0 Å². The molecular weight excluding hydrogens is 560 g/mol. The molecule has 2 aromatic carbocycles. The van der Waals surface area contributed by atoms with E-state index in [0.29, 0.717) is 11.6 Å². The Hall–Kier alpha value is -3.76. The van der Waals surface area contributed by atoms with Crippen LogP contribution in [0.4, 0.5) is 0 Å². The molecule has 10 heteroatoms. The summed E-state index contributed by atoms with van der Waals surface area (Å²) in [5, 5.41) is 9.23. The Bertz CT molecular complexity index is 1460. The molecule has 0 spiro atoms.